The molecule has 6 nitrogen and oxygen atoms in total. The SMILES string of the molecule is COCCn1c(S[C@@H](C)C(=O)N(C)C2CCCCC2)nc2sc3c(c2c1=O)CCCC3. The number of thiophene rings is 1. The van der Waals surface area contributed by atoms with Crippen molar-refractivity contribution in [3.05, 3.63) is 20.8 Å². The molecule has 2 aliphatic rings. The van der Waals surface area contributed by atoms with Crippen LogP contribution in [-0.4, -0.2) is 52.4 Å². The van der Waals surface area contributed by atoms with Crippen molar-refractivity contribution >= 4 is 39.2 Å². The number of rotatable bonds is 7. The van der Waals surface area contributed by atoms with Crippen molar-refractivity contribution in [3.8, 4) is 0 Å². The van der Waals surface area contributed by atoms with E-state index in [0.717, 1.165) is 42.3 Å². The fourth-order valence-corrected chi connectivity index (χ4v) is 7.17. The lowest BCUT2D eigenvalue weighted by molar-refractivity contribution is -0.131. The van der Waals surface area contributed by atoms with Crippen molar-refractivity contribution in [2.75, 3.05) is 20.8 Å². The van der Waals surface area contributed by atoms with Crippen LogP contribution < -0.4 is 5.56 Å². The molecule has 0 saturated heterocycles. The van der Waals surface area contributed by atoms with E-state index in [-0.39, 0.29) is 16.7 Å². The molecule has 0 aliphatic heterocycles. The summed E-state index contributed by atoms with van der Waals surface area (Å²) in [6, 6.07) is 0.333. The van der Waals surface area contributed by atoms with Crippen LogP contribution in [0.3, 0.4) is 0 Å². The molecule has 31 heavy (non-hydrogen) atoms. The Morgan fingerprint density at radius 1 is 1.26 bits per heavy atom. The molecular weight excluding hydrogens is 430 g/mol. The first kappa shape index (κ1) is 22.8. The number of methoxy groups -OCH3 is 1. The van der Waals surface area contributed by atoms with Crippen LogP contribution in [0.2, 0.25) is 0 Å². The molecule has 2 heterocycles. The molecule has 0 aromatic carbocycles. The van der Waals surface area contributed by atoms with Gasteiger partial charge in [0.25, 0.3) is 5.56 Å². The van der Waals surface area contributed by atoms with Gasteiger partial charge in [0.2, 0.25) is 5.91 Å². The van der Waals surface area contributed by atoms with E-state index in [1.54, 1.807) is 23.0 Å². The van der Waals surface area contributed by atoms with E-state index in [9.17, 15) is 9.59 Å². The van der Waals surface area contributed by atoms with Gasteiger partial charge in [0, 0.05) is 25.1 Å². The predicted molar refractivity (Wildman–Crippen MR) is 127 cm³/mol. The Morgan fingerprint density at radius 2 is 2.00 bits per heavy atom. The standard InChI is InChI=1S/C23H33N3O3S2/c1-15(21(27)25(2)16-9-5-4-6-10-16)30-23-24-20-19(22(28)26(23)13-14-29-3)17-11-7-8-12-18(17)31-20/h15-16H,4-14H2,1-3H3/t15-/m0/s1. The number of fused-ring (bicyclic) bond motifs is 3. The minimum atomic E-state index is -0.292. The highest BCUT2D eigenvalue weighted by molar-refractivity contribution is 8.00. The molecule has 0 bridgehead atoms. The zero-order chi connectivity index (χ0) is 22.0. The first-order valence-corrected chi connectivity index (χ1v) is 13.2. The zero-order valence-corrected chi connectivity index (χ0v) is 20.4. The highest BCUT2D eigenvalue weighted by atomic mass is 32.2. The van der Waals surface area contributed by atoms with Crippen LogP contribution >= 0.6 is 23.1 Å². The molecule has 0 spiro atoms. The lowest BCUT2D eigenvalue weighted by Crippen LogP contribution is -2.42. The quantitative estimate of drug-likeness (QED) is 0.454. The molecule has 1 fully saturated rings. The first-order valence-electron chi connectivity index (χ1n) is 11.5. The Kier molecular flexibility index (Phi) is 7.39. The lowest BCUT2D eigenvalue weighted by Gasteiger charge is -2.32. The minimum absolute atomic E-state index is 0.0178. The Hall–Kier alpha value is -1.38. The summed E-state index contributed by atoms with van der Waals surface area (Å²) in [4.78, 5) is 35.6. The van der Waals surface area contributed by atoms with E-state index in [1.807, 2.05) is 18.9 Å². The molecule has 1 saturated carbocycles. The molecule has 2 aromatic heterocycles. The van der Waals surface area contributed by atoms with E-state index >= 15 is 0 Å². The average Bonchev–Trinajstić information content (AvgIpc) is 3.17. The van der Waals surface area contributed by atoms with Gasteiger partial charge in [-0.1, -0.05) is 31.0 Å². The Morgan fingerprint density at radius 3 is 2.74 bits per heavy atom. The third-order valence-electron chi connectivity index (χ3n) is 6.66. The van der Waals surface area contributed by atoms with Gasteiger partial charge in [0.05, 0.1) is 23.8 Å². The number of hydrogen-bond acceptors (Lipinski definition) is 6. The Balaban J connectivity index is 1.63. The second-order valence-corrected chi connectivity index (χ2v) is 11.1. The topological polar surface area (TPSA) is 64.4 Å². The van der Waals surface area contributed by atoms with Crippen molar-refractivity contribution in [2.45, 2.75) is 87.7 Å². The number of ether oxygens (including phenoxy) is 1. The van der Waals surface area contributed by atoms with Crippen molar-refractivity contribution < 1.29 is 9.53 Å². The van der Waals surface area contributed by atoms with Gasteiger partial charge in [-0.05, 0) is 51.0 Å². The molecule has 0 N–H and O–H groups in total. The van der Waals surface area contributed by atoms with Crippen molar-refractivity contribution in [2.24, 2.45) is 0 Å². The maximum Gasteiger partial charge on any atom is 0.263 e. The van der Waals surface area contributed by atoms with Gasteiger partial charge in [0.15, 0.2) is 5.16 Å². The number of aryl methyl sites for hydroxylation is 2. The molecule has 8 heteroatoms. The summed E-state index contributed by atoms with van der Waals surface area (Å²) in [6.45, 7) is 2.82. The van der Waals surface area contributed by atoms with E-state index in [4.69, 9.17) is 9.72 Å². The van der Waals surface area contributed by atoms with Crippen LogP contribution in [0, 0.1) is 0 Å². The van der Waals surface area contributed by atoms with Crippen LogP contribution in [0.15, 0.2) is 9.95 Å². The van der Waals surface area contributed by atoms with Gasteiger partial charge < -0.3 is 9.64 Å². The van der Waals surface area contributed by atoms with Crippen LogP contribution in [0.1, 0.15) is 62.3 Å². The molecule has 2 aliphatic carbocycles. The summed E-state index contributed by atoms with van der Waals surface area (Å²) in [6.07, 6.45) is 10.1. The summed E-state index contributed by atoms with van der Waals surface area (Å²) >= 11 is 3.07. The summed E-state index contributed by atoms with van der Waals surface area (Å²) in [5.41, 5.74) is 1.22. The third kappa shape index (κ3) is 4.71. The molecule has 4 rings (SSSR count). The fourth-order valence-electron chi connectivity index (χ4n) is 4.83. The van der Waals surface area contributed by atoms with Gasteiger partial charge in [-0.15, -0.1) is 11.3 Å². The van der Waals surface area contributed by atoms with Gasteiger partial charge in [-0.25, -0.2) is 4.98 Å². The number of hydrogen-bond donors (Lipinski definition) is 0. The van der Waals surface area contributed by atoms with Crippen LogP contribution in [0.25, 0.3) is 10.2 Å². The normalized spacial score (nSPS) is 18.2. The van der Waals surface area contributed by atoms with Gasteiger partial charge in [0.1, 0.15) is 4.83 Å². The van der Waals surface area contributed by atoms with Gasteiger partial charge >= 0.3 is 0 Å². The predicted octanol–water partition coefficient (Wildman–Crippen LogP) is 4.25. The molecule has 170 valence electrons. The maximum atomic E-state index is 13.5. The summed E-state index contributed by atoms with van der Waals surface area (Å²) in [5.74, 6) is 0.120. The van der Waals surface area contributed by atoms with Crippen LogP contribution in [0.5, 0.6) is 0 Å². The highest BCUT2D eigenvalue weighted by Gasteiger charge is 2.28. The molecule has 1 amide bonds. The van der Waals surface area contributed by atoms with Crippen molar-refractivity contribution in [1.29, 1.82) is 0 Å². The average molecular weight is 464 g/mol. The van der Waals surface area contributed by atoms with Crippen LogP contribution in [0.4, 0.5) is 0 Å². The Labute approximate surface area is 192 Å². The van der Waals surface area contributed by atoms with E-state index < -0.39 is 0 Å². The largest absolute Gasteiger partial charge is 0.383 e. The number of amides is 1. The second kappa shape index (κ2) is 10.0. The van der Waals surface area contributed by atoms with Crippen molar-refractivity contribution in [3.63, 3.8) is 0 Å². The fraction of sp³-hybridized carbons (Fsp3) is 0.696. The van der Waals surface area contributed by atoms with Crippen molar-refractivity contribution in [1.82, 2.24) is 14.5 Å². The van der Waals surface area contributed by atoms with Gasteiger partial charge in [-0.3, -0.25) is 14.2 Å². The monoisotopic (exact) mass is 463 g/mol. The van der Waals surface area contributed by atoms with Gasteiger partial charge in [-0.2, -0.15) is 0 Å². The maximum absolute atomic E-state index is 13.5. The number of carbonyl (C=O) groups excluding carboxylic acids is 1. The lowest BCUT2D eigenvalue weighted by atomic mass is 9.94. The summed E-state index contributed by atoms with van der Waals surface area (Å²) < 4.78 is 6.99. The number of carbonyl (C=O) groups is 1. The summed E-state index contributed by atoms with van der Waals surface area (Å²) in [7, 11) is 3.57. The number of aromatic nitrogens is 2. The zero-order valence-electron chi connectivity index (χ0n) is 18.8. The third-order valence-corrected chi connectivity index (χ3v) is 8.92. The first-order chi connectivity index (χ1) is 15.0. The number of nitrogens with zero attached hydrogens (tertiary/aromatic N) is 3. The second-order valence-electron chi connectivity index (χ2n) is 8.74. The summed E-state index contributed by atoms with van der Waals surface area (Å²) in [5, 5.41) is 1.13. The van der Waals surface area contributed by atoms with E-state index in [0.29, 0.717) is 24.3 Å². The minimum Gasteiger partial charge on any atom is -0.383 e. The van der Waals surface area contributed by atoms with E-state index in [2.05, 4.69) is 0 Å². The highest BCUT2D eigenvalue weighted by Crippen LogP contribution is 2.35. The molecule has 0 radical (unpaired) electrons. The molecular formula is C23H33N3O3S2. The van der Waals surface area contributed by atoms with E-state index in [1.165, 1.54) is 47.9 Å². The molecule has 2 aromatic rings. The molecule has 0 unspecified atom stereocenters. The number of thioether (sulfide) groups is 1. The Bertz CT molecular complexity index is 994. The smallest absolute Gasteiger partial charge is 0.263 e. The van der Waals surface area contributed by atoms with Crippen LogP contribution in [-0.2, 0) is 28.9 Å². The molecule has 1 atom stereocenters.